The van der Waals surface area contributed by atoms with Gasteiger partial charge in [0.25, 0.3) is 5.91 Å². The van der Waals surface area contributed by atoms with Crippen molar-refractivity contribution in [3.8, 4) is 17.2 Å². The number of benzene rings is 4. The molecule has 1 aromatic heterocycles. The number of nitrogens with one attached hydrogen (secondary N) is 1. The van der Waals surface area contributed by atoms with Crippen molar-refractivity contribution >= 4 is 44.9 Å². The van der Waals surface area contributed by atoms with Gasteiger partial charge in [-0.3, -0.25) is 9.78 Å². The zero-order chi connectivity index (χ0) is 22.8. The SMILES string of the molecule is COc1ccc2c(Oc3ccc4c(C(=O)Nc5ccc(Cl)cc5)cccc4c3)ccnc2c1. The predicted octanol–water partition coefficient (Wildman–Crippen LogP) is 7.09. The van der Waals surface area contributed by atoms with Gasteiger partial charge in [-0.1, -0.05) is 23.7 Å². The average molecular weight is 455 g/mol. The molecule has 0 fully saturated rings. The van der Waals surface area contributed by atoms with Crippen LogP contribution in [0, 0.1) is 0 Å². The Labute approximate surface area is 195 Å². The number of nitrogens with zero attached hydrogens (tertiary/aromatic N) is 1. The zero-order valence-electron chi connectivity index (χ0n) is 17.7. The van der Waals surface area contributed by atoms with Crippen molar-refractivity contribution in [1.29, 1.82) is 0 Å². The maximum absolute atomic E-state index is 12.9. The van der Waals surface area contributed by atoms with Crippen molar-refractivity contribution in [1.82, 2.24) is 4.98 Å². The van der Waals surface area contributed by atoms with Gasteiger partial charge in [0.1, 0.15) is 17.2 Å². The van der Waals surface area contributed by atoms with Gasteiger partial charge in [-0.25, -0.2) is 0 Å². The van der Waals surface area contributed by atoms with Crippen molar-refractivity contribution in [2.45, 2.75) is 0 Å². The zero-order valence-corrected chi connectivity index (χ0v) is 18.5. The monoisotopic (exact) mass is 454 g/mol. The van der Waals surface area contributed by atoms with Crippen LogP contribution in [0.3, 0.4) is 0 Å². The van der Waals surface area contributed by atoms with E-state index in [1.807, 2.05) is 54.6 Å². The Hall–Kier alpha value is -4.09. The summed E-state index contributed by atoms with van der Waals surface area (Å²) in [6.45, 7) is 0. The summed E-state index contributed by atoms with van der Waals surface area (Å²) >= 11 is 5.93. The van der Waals surface area contributed by atoms with Gasteiger partial charge in [0.15, 0.2) is 0 Å². The van der Waals surface area contributed by atoms with E-state index in [4.69, 9.17) is 21.1 Å². The first-order valence-electron chi connectivity index (χ1n) is 10.3. The molecule has 4 aromatic carbocycles. The van der Waals surface area contributed by atoms with Gasteiger partial charge in [0.05, 0.1) is 12.6 Å². The first-order valence-corrected chi connectivity index (χ1v) is 10.7. The minimum Gasteiger partial charge on any atom is -0.497 e. The molecule has 162 valence electrons. The maximum Gasteiger partial charge on any atom is 0.256 e. The highest BCUT2D eigenvalue weighted by Crippen LogP contribution is 2.33. The van der Waals surface area contributed by atoms with Crippen LogP contribution in [0.25, 0.3) is 21.7 Å². The van der Waals surface area contributed by atoms with E-state index in [-0.39, 0.29) is 5.91 Å². The van der Waals surface area contributed by atoms with Crippen LogP contribution in [-0.2, 0) is 0 Å². The molecule has 6 heteroatoms. The molecule has 5 nitrogen and oxygen atoms in total. The first kappa shape index (κ1) is 20.8. The topological polar surface area (TPSA) is 60.5 Å². The third-order valence-corrected chi connectivity index (χ3v) is 5.59. The van der Waals surface area contributed by atoms with Crippen LogP contribution in [-0.4, -0.2) is 18.0 Å². The Kier molecular flexibility index (Phi) is 5.55. The fourth-order valence-electron chi connectivity index (χ4n) is 3.70. The minimum absolute atomic E-state index is 0.189. The Balaban J connectivity index is 1.44. The van der Waals surface area contributed by atoms with Gasteiger partial charge in [-0.05, 0) is 77.5 Å². The fraction of sp³-hybridized carbons (Fsp3) is 0.0370. The van der Waals surface area contributed by atoms with E-state index in [9.17, 15) is 4.79 Å². The van der Waals surface area contributed by atoms with Crippen molar-refractivity contribution in [3.05, 3.63) is 102 Å². The van der Waals surface area contributed by atoms with Crippen LogP contribution < -0.4 is 14.8 Å². The predicted molar refractivity (Wildman–Crippen MR) is 132 cm³/mol. The number of fused-ring (bicyclic) bond motifs is 2. The van der Waals surface area contributed by atoms with Gasteiger partial charge in [0.2, 0.25) is 0 Å². The summed E-state index contributed by atoms with van der Waals surface area (Å²) in [7, 11) is 1.63. The van der Waals surface area contributed by atoms with E-state index in [0.717, 1.165) is 27.4 Å². The average Bonchev–Trinajstić information content (AvgIpc) is 2.84. The Morgan fingerprint density at radius 1 is 0.879 bits per heavy atom. The fourth-order valence-corrected chi connectivity index (χ4v) is 3.83. The number of methoxy groups -OCH3 is 1. The lowest BCUT2D eigenvalue weighted by Crippen LogP contribution is -2.12. The molecule has 0 spiro atoms. The molecule has 1 N–H and O–H groups in total. The second kappa shape index (κ2) is 8.81. The third-order valence-electron chi connectivity index (χ3n) is 5.34. The number of hydrogen-bond donors (Lipinski definition) is 1. The number of rotatable bonds is 5. The summed E-state index contributed by atoms with van der Waals surface area (Å²) in [5.41, 5.74) is 2.05. The summed E-state index contributed by atoms with van der Waals surface area (Å²) in [6.07, 6.45) is 1.71. The van der Waals surface area contributed by atoms with E-state index >= 15 is 0 Å². The second-order valence-electron chi connectivity index (χ2n) is 7.44. The Bertz CT molecular complexity index is 1480. The summed E-state index contributed by atoms with van der Waals surface area (Å²) in [4.78, 5) is 17.3. The molecule has 5 aromatic rings. The number of halogens is 1. The lowest BCUT2D eigenvalue weighted by atomic mass is 10.0. The molecule has 0 aliphatic heterocycles. The van der Waals surface area contributed by atoms with Gasteiger partial charge in [0, 0.05) is 33.9 Å². The van der Waals surface area contributed by atoms with E-state index in [1.54, 1.807) is 43.6 Å². The molecule has 0 radical (unpaired) electrons. The molecule has 0 aliphatic carbocycles. The van der Waals surface area contributed by atoms with Crippen molar-refractivity contribution in [2.24, 2.45) is 0 Å². The Morgan fingerprint density at radius 2 is 1.67 bits per heavy atom. The Morgan fingerprint density at radius 3 is 2.48 bits per heavy atom. The molecular weight excluding hydrogens is 436 g/mol. The van der Waals surface area contributed by atoms with E-state index < -0.39 is 0 Å². The van der Waals surface area contributed by atoms with Crippen LogP contribution in [0.2, 0.25) is 5.02 Å². The molecule has 0 aliphatic rings. The van der Waals surface area contributed by atoms with Crippen LogP contribution >= 0.6 is 11.6 Å². The molecule has 0 saturated carbocycles. The number of pyridine rings is 1. The standard InChI is InChI=1S/C27H19ClN2O3/c1-32-20-9-12-24-25(16-20)29-14-13-26(24)33-21-10-11-22-17(15-21)3-2-4-23(22)27(31)30-19-7-5-18(28)6-8-19/h2-16H,1H3,(H,30,31). The number of carbonyl (C=O) groups is 1. The molecule has 0 saturated heterocycles. The van der Waals surface area contributed by atoms with Crippen LogP contribution in [0.4, 0.5) is 5.69 Å². The number of ether oxygens (including phenoxy) is 2. The molecule has 33 heavy (non-hydrogen) atoms. The van der Waals surface area contributed by atoms with Gasteiger partial charge in [-0.15, -0.1) is 0 Å². The highest BCUT2D eigenvalue weighted by Gasteiger charge is 2.12. The highest BCUT2D eigenvalue weighted by atomic mass is 35.5. The van der Waals surface area contributed by atoms with Crippen molar-refractivity contribution in [2.75, 3.05) is 12.4 Å². The number of carbonyl (C=O) groups excluding carboxylic acids is 1. The van der Waals surface area contributed by atoms with Crippen LogP contribution in [0.1, 0.15) is 10.4 Å². The largest absolute Gasteiger partial charge is 0.497 e. The number of aromatic nitrogens is 1. The third kappa shape index (κ3) is 4.31. The first-order chi connectivity index (χ1) is 16.1. The van der Waals surface area contributed by atoms with Crippen molar-refractivity contribution < 1.29 is 14.3 Å². The van der Waals surface area contributed by atoms with Crippen molar-refractivity contribution in [3.63, 3.8) is 0 Å². The number of amides is 1. The highest BCUT2D eigenvalue weighted by molar-refractivity contribution is 6.30. The molecule has 0 bridgehead atoms. The van der Waals surface area contributed by atoms with Gasteiger partial charge in [-0.2, -0.15) is 0 Å². The summed E-state index contributed by atoms with van der Waals surface area (Å²) in [6, 6.07) is 25.8. The second-order valence-corrected chi connectivity index (χ2v) is 7.88. The normalized spacial score (nSPS) is 10.8. The summed E-state index contributed by atoms with van der Waals surface area (Å²) in [5.74, 6) is 1.91. The summed E-state index contributed by atoms with van der Waals surface area (Å²) < 4.78 is 11.5. The maximum atomic E-state index is 12.9. The van der Waals surface area contributed by atoms with Crippen LogP contribution in [0.5, 0.6) is 17.2 Å². The molecule has 0 unspecified atom stereocenters. The van der Waals surface area contributed by atoms with E-state index in [0.29, 0.717) is 27.8 Å². The lowest BCUT2D eigenvalue weighted by Gasteiger charge is -2.12. The molecule has 1 amide bonds. The molecule has 5 rings (SSSR count). The number of anilines is 1. The van der Waals surface area contributed by atoms with E-state index in [1.165, 1.54) is 0 Å². The van der Waals surface area contributed by atoms with Gasteiger partial charge < -0.3 is 14.8 Å². The molecular formula is C27H19ClN2O3. The number of hydrogen-bond acceptors (Lipinski definition) is 4. The smallest absolute Gasteiger partial charge is 0.256 e. The molecule has 0 atom stereocenters. The summed E-state index contributed by atoms with van der Waals surface area (Å²) in [5, 5.41) is 6.15. The molecule has 1 heterocycles. The minimum atomic E-state index is -0.189. The lowest BCUT2D eigenvalue weighted by molar-refractivity contribution is 0.102. The van der Waals surface area contributed by atoms with Gasteiger partial charge >= 0.3 is 0 Å². The quantitative estimate of drug-likeness (QED) is 0.308. The van der Waals surface area contributed by atoms with E-state index in [2.05, 4.69) is 10.3 Å². The van der Waals surface area contributed by atoms with Crippen LogP contribution in [0.15, 0.2) is 91.1 Å².